The molecular formula is C11H15ClN2O2S. The third-order valence-electron chi connectivity index (χ3n) is 2.24. The highest BCUT2D eigenvalue weighted by molar-refractivity contribution is 7.99. The molecule has 0 heterocycles. The third-order valence-corrected chi connectivity index (χ3v) is 3.78. The highest BCUT2D eigenvalue weighted by atomic mass is 35.5. The molecule has 0 amide bonds. The molecule has 1 atom stereocenters. The summed E-state index contributed by atoms with van der Waals surface area (Å²) in [5.41, 5.74) is 7.01. The topological polar surface area (TPSA) is 78.8 Å². The van der Waals surface area contributed by atoms with Crippen LogP contribution in [0, 0.1) is 0 Å². The Labute approximate surface area is 109 Å². The molecule has 0 aliphatic rings. The molecule has 0 saturated carbocycles. The summed E-state index contributed by atoms with van der Waals surface area (Å²) in [7, 11) is 0. The largest absolute Gasteiger partial charge is 0.409 e. The summed E-state index contributed by atoms with van der Waals surface area (Å²) in [6.45, 7) is 2.09. The van der Waals surface area contributed by atoms with E-state index in [1.54, 1.807) is 23.9 Å². The number of benzene rings is 1. The smallest absolute Gasteiger partial charge is 0.170 e. The van der Waals surface area contributed by atoms with Gasteiger partial charge >= 0.3 is 0 Å². The summed E-state index contributed by atoms with van der Waals surface area (Å²) >= 11 is 7.71. The van der Waals surface area contributed by atoms with Gasteiger partial charge in [0.15, 0.2) is 5.84 Å². The minimum absolute atomic E-state index is 0.0369. The second kappa shape index (κ2) is 6.74. The van der Waals surface area contributed by atoms with Crippen molar-refractivity contribution in [2.45, 2.75) is 17.9 Å². The van der Waals surface area contributed by atoms with Crippen LogP contribution in [0.3, 0.4) is 0 Å². The molecular weight excluding hydrogens is 260 g/mol. The monoisotopic (exact) mass is 274 g/mol. The van der Waals surface area contributed by atoms with Crippen LogP contribution in [0.4, 0.5) is 0 Å². The Morgan fingerprint density at radius 1 is 1.59 bits per heavy atom. The predicted octanol–water partition coefficient (Wildman–Crippen LogP) is 2.05. The van der Waals surface area contributed by atoms with Crippen LogP contribution < -0.4 is 5.73 Å². The first-order valence-corrected chi connectivity index (χ1v) is 6.50. The fourth-order valence-corrected chi connectivity index (χ4v) is 2.31. The Morgan fingerprint density at radius 2 is 2.29 bits per heavy atom. The first-order valence-electron chi connectivity index (χ1n) is 5.07. The summed E-state index contributed by atoms with van der Waals surface area (Å²) in [5, 5.41) is 21.1. The van der Waals surface area contributed by atoms with Crippen molar-refractivity contribution in [3.8, 4) is 0 Å². The number of nitrogens with zero attached hydrogens (tertiary/aromatic N) is 1. The van der Waals surface area contributed by atoms with Crippen LogP contribution in [0.15, 0.2) is 23.4 Å². The van der Waals surface area contributed by atoms with Crippen LogP contribution in [0.25, 0.3) is 0 Å². The SMILES string of the molecule is CC(CO)SCc1ccc(/C(N)=N/O)cc1Cl. The van der Waals surface area contributed by atoms with Crippen LogP contribution in [-0.4, -0.2) is 28.0 Å². The molecule has 1 rings (SSSR count). The van der Waals surface area contributed by atoms with Gasteiger partial charge in [-0.1, -0.05) is 35.8 Å². The summed E-state index contributed by atoms with van der Waals surface area (Å²) in [6, 6.07) is 5.25. The highest BCUT2D eigenvalue weighted by Gasteiger charge is 2.07. The first-order chi connectivity index (χ1) is 8.08. The van der Waals surface area contributed by atoms with Crippen molar-refractivity contribution in [2.24, 2.45) is 10.9 Å². The standard InChI is InChI=1S/C11H15ClN2O2S/c1-7(5-15)17-6-9-3-2-8(4-10(9)12)11(13)14-16/h2-4,7,15-16H,5-6H2,1H3,(H2,13,14). The Bertz CT molecular complexity index is 412. The average Bonchev–Trinajstić information content (AvgIpc) is 2.35. The van der Waals surface area contributed by atoms with Gasteiger partial charge in [-0.3, -0.25) is 0 Å². The zero-order valence-electron chi connectivity index (χ0n) is 9.43. The molecule has 17 heavy (non-hydrogen) atoms. The molecule has 0 bridgehead atoms. The first kappa shape index (κ1) is 14.2. The van der Waals surface area contributed by atoms with Crippen LogP contribution in [-0.2, 0) is 5.75 Å². The van der Waals surface area contributed by atoms with Gasteiger partial charge in [0, 0.05) is 21.6 Å². The van der Waals surface area contributed by atoms with Gasteiger partial charge in [0.25, 0.3) is 0 Å². The number of thioether (sulfide) groups is 1. The lowest BCUT2D eigenvalue weighted by atomic mass is 10.1. The molecule has 94 valence electrons. The molecule has 0 aliphatic carbocycles. The number of aliphatic hydroxyl groups excluding tert-OH is 1. The zero-order valence-corrected chi connectivity index (χ0v) is 11.0. The number of nitrogens with two attached hydrogens (primary N) is 1. The maximum Gasteiger partial charge on any atom is 0.170 e. The van der Waals surface area contributed by atoms with Crippen molar-refractivity contribution < 1.29 is 10.3 Å². The van der Waals surface area contributed by atoms with Crippen molar-refractivity contribution in [1.29, 1.82) is 0 Å². The Morgan fingerprint density at radius 3 is 2.82 bits per heavy atom. The van der Waals surface area contributed by atoms with E-state index in [0.717, 1.165) is 11.3 Å². The van der Waals surface area contributed by atoms with Gasteiger partial charge in [0.05, 0.1) is 6.61 Å². The van der Waals surface area contributed by atoms with E-state index in [-0.39, 0.29) is 17.7 Å². The number of halogens is 1. The van der Waals surface area contributed by atoms with Crippen LogP contribution >= 0.6 is 23.4 Å². The van der Waals surface area contributed by atoms with E-state index >= 15 is 0 Å². The molecule has 0 saturated heterocycles. The van der Waals surface area contributed by atoms with Crippen molar-refractivity contribution in [3.63, 3.8) is 0 Å². The molecule has 4 N–H and O–H groups in total. The molecule has 6 heteroatoms. The molecule has 0 spiro atoms. The van der Waals surface area contributed by atoms with Crippen LogP contribution in [0.5, 0.6) is 0 Å². The zero-order chi connectivity index (χ0) is 12.8. The minimum atomic E-state index is 0.0369. The molecule has 0 aromatic heterocycles. The molecule has 0 aliphatic heterocycles. The Balaban J connectivity index is 2.76. The molecule has 1 aromatic rings. The van der Waals surface area contributed by atoms with Gasteiger partial charge in [-0.05, 0) is 11.6 Å². The van der Waals surface area contributed by atoms with Gasteiger partial charge < -0.3 is 16.0 Å². The second-order valence-corrected chi connectivity index (χ2v) is 5.43. The third kappa shape index (κ3) is 4.11. The van der Waals surface area contributed by atoms with E-state index in [2.05, 4.69) is 5.16 Å². The number of hydrogen-bond donors (Lipinski definition) is 3. The maximum atomic E-state index is 8.92. The quantitative estimate of drug-likeness (QED) is 0.332. The lowest BCUT2D eigenvalue weighted by Crippen LogP contribution is -2.13. The van der Waals surface area contributed by atoms with Crippen molar-refractivity contribution >= 4 is 29.2 Å². The molecule has 0 radical (unpaired) electrons. The number of oxime groups is 1. The van der Waals surface area contributed by atoms with E-state index in [0.29, 0.717) is 10.6 Å². The van der Waals surface area contributed by atoms with Crippen LogP contribution in [0.1, 0.15) is 18.1 Å². The summed E-state index contributed by atoms with van der Waals surface area (Å²) in [4.78, 5) is 0. The van der Waals surface area contributed by atoms with Crippen molar-refractivity contribution in [2.75, 3.05) is 6.61 Å². The van der Waals surface area contributed by atoms with Crippen molar-refractivity contribution in [3.05, 3.63) is 34.3 Å². The van der Waals surface area contributed by atoms with Gasteiger partial charge in [0.1, 0.15) is 0 Å². The van der Waals surface area contributed by atoms with Gasteiger partial charge in [-0.25, -0.2) is 0 Å². The fraction of sp³-hybridized carbons (Fsp3) is 0.364. The van der Waals surface area contributed by atoms with Gasteiger partial charge in [0.2, 0.25) is 0 Å². The van der Waals surface area contributed by atoms with E-state index in [9.17, 15) is 0 Å². The summed E-state index contributed by atoms with van der Waals surface area (Å²) in [6.07, 6.45) is 0. The molecule has 1 aromatic carbocycles. The lowest BCUT2D eigenvalue weighted by Gasteiger charge is -2.09. The average molecular weight is 275 g/mol. The highest BCUT2D eigenvalue weighted by Crippen LogP contribution is 2.24. The van der Waals surface area contributed by atoms with E-state index in [1.165, 1.54) is 0 Å². The van der Waals surface area contributed by atoms with Gasteiger partial charge in [-0.15, -0.1) is 0 Å². The fourth-order valence-electron chi connectivity index (χ4n) is 1.17. The molecule has 4 nitrogen and oxygen atoms in total. The summed E-state index contributed by atoms with van der Waals surface area (Å²) < 4.78 is 0. The Hall–Kier alpha value is -0.910. The number of hydrogen-bond acceptors (Lipinski definition) is 4. The van der Waals surface area contributed by atoms with Crippen LogP contribution in [0.2, 0.25) is 5.02 Å². The normalized spacial score (nSPS) is 13.7. The number of rotatable bonds is 5. The second-order valence-electron chi connectivity index (χ2n) is 3.60. The van der Waals surface area contributed by atoms with E-state index < -0.39 is 0 Å². The van der Waals surface area contributed by atoms with E-state index in [4.69, 9.17) is 27.6 Å². The van der Waals surface area contributed by atoms with E-state index in [1.807, 2.05) is 13.0 Å². The predicted molar refractivity (Wildman–Crippen MR) is 71.8 cm³/mol. The Kier molecular flexibility index (Phi) is 5.61. The van der Waals surface area contributed by atoms with Crippen molar-refractivity contribution in [1.82, 2.24) is 0 Å². The molecule has 0 fully saturated rings. The number of aliphatic hydroxyl groups is 1. The summed E-state index contributed by atoms with van der Waals surface area (Å²) in [5.74, 6) is 0.756. The lowest BCUT2D eigenvalue weighted by molar-refractivity contribution is 0.300. The molecule has 1 unspecified atom stereocenters. The number of amidine groups is 1. The van der Waals surface area contributed by atoms with Gasteiger partial charge in [-0.2, -0.15) is 11.8 Å². The minimum Gasteiger partial charge on any atom is -0.409 e. The maximum absolute atomic E-state index is 8.92.